The van der Waals surface area contributed by atoms with E-state index in [0.717, 1.165) is 158 Å². The van der Waals surface area contributed by atoms with Gasteiger partial charge in [-0.1, -0.05) is 146 Å². The summed E-state index contributed by atoms with van der Waals surface area (Å²) in [4.78, 5) is 4.94. The fourth-order valence-electron chi connectivity index (χ4n) is 15.4. The van der Waals surface area contributed by atoms with E-state index >= 15 is 0 Å². The molecule has 0 atom stereocenters. The second-order valence-electron chi connectivity index (χ2n) is 24.7. The van der Waals surface area contributed by atoms with Crippen molar-refractivity contribution in [2.75, 3.05) is 0 Å². The van der Waals surface area contributed by atoms with Crippen molar-refractivity contribution in [3.63, 3.8) is 0 Å². The van der Waals surface area contributed by atoms with Gasteiger partial charge in [0, 0.05) is 96.5 Å². The molecule has 92 heavy (non-hydrogen) atoms. The quantitative estimate of drug-likeness (QED) is 0.153. The van der Waals surface area contributed by atoms with Crippen molar-refractivity contribution in [3.8, 4) is 51.1 Å². The van der Waals surface area contributed by atoms with Crippen LogP contribution >= 0.6 is 22.7 Å². The van der Waals surface area contributed by atoms with Gasteiger partial charge in [-0.05, 0) is 158 Å². The number of benzene rings is 13. The van der Waals surface area contributed by atoms with Gasteiger partial charge in [-0.3, -0.25) is 0 Å². The summed E-state index contributed by atoms with van der Waals surface area (Å²) in [5, 5.41) is 26.3. The lowest BCUT2D eigenvalue weighted by atomic mass is 9.87. The van der Waals surface area contributed by atoms with E-state index in [1.165, 1.54) is 31.3 Å². The normalized spacial score (nSPS) is 12.1. The number of nitriles is 1. The molecule has 0 saturated heterocycles. The number of nitrogens with zero attached hydrogens (tertiary/aromatic N) is 6. The Kier molecular flexibility index (Phi) is 11.1. The van der Waals surface area contributed by atoms with Crippen LogP contribution in [0, 0.1) is 45.6 Å². The van der Waals surface area contributed by atoms with Crippen molar-refractivity contribution in [2.45, 2.75) is 27.7 Å². The molecule has 430 valence electrons. The fourth-order valence-corrected chi connectivity index (χ4v) is 17.9. The van der Waals surface area contributed by atoms with Crippen molar-refractivity contribution in [1.29, 1.82) is 5.26 Å². The molecule has 8 heteroatoms. The first-order valence-corrected chi connectivity index (χ1v) is 32.8. The van der Waals surface area contributed by atoms with E-state index in [1.807, 2.05) is 0 Å². The smallest absolute Gasteiger partial charge is 0.220 e. The van der Waals surface area contributed by atoms with E-state index in [9.17, 15) is 11.8 Å². The lowest BCUT2D eigenvalue weighted by Gasteiger charge is -2.26. The Morgan fingerprint density at radius 1 is 0.337 bits per heavy atom. The molecule has 0 aliphatic heterocycles. The van der Waals surface area contributed by atoms with Crippen molar-refractivity contribution in [2.24, 2.45) is 0 Å². The number of thiophene rings is 2. The third-order valence-electron chi connectivity index (χ3n) is 19.8. The molecule has 0 aliphatic carbocycles. The fraction of sp³-hybridized carbons (Fsp3) is 0.0476. The molecule has 0 spiro atoms. The molecule has 0 N–H and O–H groups in total. The molecule has 19 aromatic rings. The summed E-state index contributed by atoms with van der Waals surface area (Å²) in [5.41, 5.74) is 20.4. The molecular weight excluding hydrogens is 1160 g/mol. The number of hydrogen-bond acceptors (Lipinski definition) is 3. The third-order valence-corrected chi connectivity index (χ3v) is 22.2. The molecule has 19 rings (SSSR count). The molecule has 6 nitrogen and oxygen atoms in total. The maximum absolute atomic E-state index is 13.0. The van der Waals surface area contributed by atoms with E-state index in [0.29, 0.717) is 16.8 Å². The topological polar surface area (TPSA) is 47.9 Å². The maximum atomic E-state index is 13.0. The highest BCUT2D eigenvalue weighted by Gasteiger charge is 2.34. The van der Waals surface area contributed by atoms with Crippen molar-refractivity contribution >= 4 is 156 Å². The number of hydrogen-bond donors (Lipinski definition) is 0. The van der Waals surface area contributed by atoms with E-state index in [2.05, 4.69) is 295 Å². The molecule has 0 radical (unpaired) electrons. The number of para-hydroxylation sites is 4. The van der Waals surface area contributed by atoms with Gasteiger partial charge in [0.25, 0.3) is 0 Å². The lowest BCUT2D eigenvalue weighted by Crippen LogP contribution is -2.09. The van der Waals surface area contributed by atoms with Crippen LogP contribution in [0.15, 0.2) is 243 Å². The van der Waals surface area contributed by atoms with Crippen LogP contribution in [0.25, 0.3) is 177 Å². The molecule has 0 fully saturated rings. The van der Waals surface area contributed by atoms with Gasteiger partial charge < -0.3 is 18.3 Å². The van der Waals surface area contributed by atoms with Crippen LogP contribution in [0.5, 0.6) is 0 Å². The number of rotatable bonds is 6. The first kappa shape index (κ1) is 52.4. The molecular formula is C84H52N6S2. The zero-order valence-electron chi connectivity index (χ0n) is 50.6. The van der Waals surface area contributed by atoms with Crippen LogP contribution in [0.3, 0.4) is 0 Å². The minimum absolute atomic E-state index is 0.396. The van der Waals surface area contributed by atoms with Crippen LogP contribution < -0.4 is 0 Å². The molecule has 0 saturated carbocycles. The number of aromatic nitrogens is 4. The zero-order valence-corrected chi connectivity index (χ0v) is 52.2. The Morgan fingerprint density at radius 3 is 1.21 bits per heavy atom. The lowest BCUT2D eigenvalue weighted by molar-refractivity contribution is 1.14. The predicted molar refractivity (Wildman–Crippen MR) is 390 cm³/mol. The van der Waals surface area contributed by atoms with E-state index < -0.39 is 0 Å². The summed E-state index contributed by atoms with van der Waals surface area (Å²) in [5.74, 6) is 0. The highest BCUT2D eigenvalue weighted by Crippen LogP contribution is 2.56. The van der Waals surface area contributed by atoms with Gasteiger partial charge in [-0.15, -0.1) is 22.7 Å². The maximum Gasteiger partial charge on any atom is 0.220 e. The van der Waals surface area contributed by atoms with Gasteiger partial charge in [0.05, 0.1) is 77.0 Å². The Hall–Kier alpha value is -11.5. The van der Waals surface area contributed by atoms with Crippen molar-refractivity contribution < 1.29 is 0 Å². The van der Waals surface area contributed by atoms with Gasteiger partial charge in [0.2, 0.25) is 5.69 Å². The van der Waals surface area contributed by atoms with E-state index in [4.69, 9.17) is 4.85 Å². The SMILES string of the molecule is [C-]#[N+]c1c(-c2ccc3c(c2)c2ccccc2n3-c2ccccc2)c(C#N)c(-n2c3cc(C)c(C)cc3c3ccc4c5ccccc5sc4c32)c(-c2ccc3c(c2)c2ccccc2n3-c2ccccc2)c1-n1c2cc(C)c(C)cc2c2ccc3c4ccccc4sc3c21. The zero-order chi connectivity index (χ0) is 61.4. The number of aryl methyl sites for hydroxylation is 4. The second-order valence-corrected chi connectivity index (χ2v) is 26.8. The minimum Gasteiger partial charge on any atom is -0.317 e. The summed E-state index contributed by atoms with van der Waals surface area (Å²) in [6.07, 6.45) is 0. The summed E-state index contributed by atoms with van der Waals surface area (Å²) < 4.78 is 14.3. The summed E-state index contributed by atoms with van der Waals surface area (Å²) in [7, 11) is 0. The van der Waals surface area contributed by atoms with Crippen LogP contribution in [-0.2, 0) is 0 Å². The third kappa shape index (κ3) is 7.16. The van der Waals surface area contributed by atoms with Crippen LogP contribution in [0.1, 0.15) is 27.8 Å². The minimum atomic E-state index is 0.396. The summed E-state index contributed by atoms with van der Waals surface area (Å²) in [6.45, 7) is 18.9. The predicted octanol–water partition coefficient (Wildman–Crippen LogP) is 23.8. The molecule has 13 aromatic carbocycles. The molecule has 0 bridgehead atoms. The molecule has 0 unspecified atom stereocenters. The second kappa shape index (κ2) is 19.5. The van der Waals surface area contributed by atoms with E-state index in [-0.39, 0.29) is 0 Å². The Labute approximate surface area is 536 Å². The average molecular weight is 1210 g/mol. The summed E-state index contributed by atoms with van der Waals surface area (Å²) >= 11 is 3.61. The van der Waals surface area contributed by atoms with Gasteiger partial charge in [-0.25, -0.2) is 4.85 Å². The Bertz CT molecular complexity index is 6330. The summed E-state index contributed by atoms with van der Waals surface area (Å²) in [6, 6.07) is 91.0. The molecule has 0 amide bonds. The van der Waals surface area contributed by atoms with Crippen LogP contribution in [-0.4, -0.2) is 18.3 Å². The van der Waals surface area contributed by atoms with E-state index in [1.54, 1.807) is 22.7 Å². The molecule has 6 aromatic heterocycles. The largest absolute Gasteiger partial charge is 0.317 e. The monoisotopic (exact) mass is 1210 g/mol. The highest BCUT2D eigenvalue weighted by molar-refractivity contribution is 7.27. The van der Waals surface area contributed by atoms with Crippen molar-refractivity contribution in [3.05, 3.63) is 282 Å². The van der Waals surface area contributed by atoms with Gasteiger partial charge in [0.1, 0.15) is 6.07 Å². The van der Waals surface area contributed by atoms with Gasteiger partial charge >= 0.3 is 0 Å². The Balaban J connectivity index is 1.09. The highest BCUT2D eigenvalue weighted by atomic mass is 32.1. The Morgan fingerprint density at radius 2 is 0.728 bits per heavy atom. The average Bonchev–Trinajstić information content (AvgIpc) is 1.47. The van der Waals surface area contributed by atoms with Crippen LogP contribution in [0.4, 0.5) is 5.69 Å². The van der Waals surface area contributed by atoms with Crippen molar-refractivity contribution in [1.82, 2.24) is 18.3 Å². The van der Waals surface area contributed by atoms with Gasteiger partial charge in [-0.2, -0.15) is 5.26 Å². The van der Waals surface area contributed by atoms with Crippen LogP contribution in [0.2, 0.25) is 0 Å². The molecule has 6 heterocycles. The first-order chi connectivity index (χ1) is 45.2. The number of fused-ring (bicyclic) bond motifs is 20. The standard InChI is InChI=1S/C84H52N6S2/c1-47-40-63-59-34-36-61-57-26-14-18-30-74(57)91-83(61)80(59)89(72(63)42-49(47)3)79-67(46-85)76(51-32-38-70-65(44-51)55-24-12-16-28-68(55)87(70)53-20-8-6-9-21-53)78(86-5)82(77(79)52-33-39-71-66(45-52)56-25-13-17-29-69(56)88(71)54-22-10-7-11-23-54)90-73-43-50(4)48(2)41-64(73)60-35-37-62-58-27-15-19-31-75(58)92-84(62)81(60)90/h6-45H,1-4H3. The molecule has 0 aliphatic rings. The first-order valence-electron chi connectivity index (χ1n) is 31.2. The van der Waals surface area contributed by atoms with Gasteiger partial charge in [0.15, 0.2) is 0 Å².